The smallest absolute Gasteiger partial charge is 0.244 e. The number of amides is 1. The lowest BCUT2D eigenvalue weighted by atomic mass is 10.2. The highest BCUT2D eigenvalue weighted by atomic mass is 32.2. The Morgan fingerprint density at radius 1 is 1.16 bits per heavy atom. The normalized spacial score (nSPS) is 16.8. The predicted octanol–water partition coefficient (Wildman–Crippen LogP) is 3.80. The third-order valence-corrected chi connectivity index (χ3v) is 9.32. The van der Waals surface area contributed by atoms with E-state index in [9.17, 15) is 13.2 Å². The molecule has 0 radical (unpaired) electrons. The zero-order valence-electron chi connectivity index (χ0n) is 17.7. The fourth-order valence-electron chi connectivity index (χ4n) is 3.47. The van der Waals surface area contributed by atoms with Gasteiger partial charge in [-0.05, 0) is 24.1 Å². The minimum Gasteiger partial charge on any atom is -0.354 e. The molecular weight excluding hydrogens is 462 g/mol. The number of thioether (sulfide) groups is 1. The SMILES string of the molecule is CCc1ccc(S(=O)(=O)N2CSC[C@@H]2C(=O)NCCc2csc(-c3ccccc3)n2)cc1. The summed E-state index contributed by atoms with van der Waals surface area (Å²) in [6.07, 6.45) is 1.44. The molecule has 0 unspecified atom stereocenters. The molecular formula is C23H25N3O3S3. The van der Waals surface area contributed by atoms with Gasteiger partial charge in [0.2, 0.25) is 15.9 Å². The molecule has 168 valence electrons. The quantitative estimate of drug-likeness (QED) is 0.523. The largest absolute Gasteiger partial charge is 0.354 e. The van der Waals surface area contributed by atoms with E-state index in [0.29, 0.717) is 18.7 Å². The summed E-state index contributed by atoms with van der Waals surface area (Å²) in [5.41, 5.74) is 3.06. The predicted molar refractivity (Wildman–Crippen MR) is 130 cm³/mol. The summed E-state index contributed by atoms with van der Waals surface area (Å²) in [7, 11) is -3.72. The van der Waals surface area contributed by atoms with Gasteiger partial charge in [0.05, 0.1) is 16.5 Å². The summed E-state index contributed by atoms with van der Waals surface area (Å²) >= 11 is 3.03. The summed E-state index contributed by atoms with van der Waals surface area (Å²) in [6.45, 7) is 2.44. The number of nitrogens with one attached hydrogen (secondary N) is 1. The summed E-state index contributed by atoms with van der Waals surface area (Å²) in [4.78, 5) is 17.7. The number of aryl methyl sites for hydroxylation is 1. The van der Waals surface area contributed by atoms with Crippen molar-refractivity contribution in [2.24, 2.45) is 0 Å². The molecule has 6 nitrogen and oxygen atoms in total. The Morgan fingerprint density at radius 2 is 1.91 bits per heavy atom. The average Bonchev–Trinajstić information content (AvgIpc) is 3.50. The van der Waals surface area contributed by atoms with Gasteiger partial charge in [-0.3, -0.25) is 4.79 Å². The van der Waals surface area contributed by atoms with Crippen molar-refractivity contribution in [3.05, 3.63) is 71.2 Å². The molecule has 2 heterocycles. The molecule has 4 rings (SSSR count). The van der Waals surface area contributed by atoms with Crippen LogP contribution < -0.4 is 5.32 Å². The topological polar surface area (TPSA) is 79.4 Å². The van der Waals surface area contributed by atoms with E-state index in [1.54, 1.807) is 23.5 Å². The zero-order chi connectivity index (χ0) is 22.6. The van der Waals surface area contributed by atoms with Gasteiger partial charge in [-0.1, -0.05) is 49.4 Å². The van der Waals surface area contributed by atoms with E-state index in [1.165, 1.54) is 16.1 Å². The number of sulfonamides is 1. The van der Waals surface area contributed by atoms with Crippen LogP contribution in [0.1, 0.15) is 18.2 Å². The Morgan fingerprint density at radius 3 is 2.62 bits per heavy atom. The summed E-state index contributed by atoms with van der Waals surface area (Å²) in [5.74, 6) is 0.470. The van der Waals surface area contributed by atoms with Gasteiger partial charge in [-0.2, -0.15) is 4.31 Å². The van der Waals surface area contributed by atoms with Crippen molar-refractivity contribution in [1.82, 2.24) is 14.6 Å². The lowest BCUT2D eigenvalue weighted by Crippen LogP contribution is -2.47. The lowest BCUT2D eigenvalue weighted by Gasteiger charge is -2.22. The highest BCUT2D eigenvalue weighted by molar-refractivity contribution is 8.00. The van der Waals surface area contributed by atoms with E-state index in [1.807, 2.05) is 54.8 Å². The number of carbonyl (C=O) groups excluding carboxylic acids is 1. The Balaban J connectivity index is 1.36. The van der Waals surface area contributed by atoms with E-state index in [0.717, 1.165) is 28.2 Å². The summed E-state index contributed by atoms with van der Waals surface area (Å²) < 4.78 is 27.5. The third-order valence-electron chi connectivity index (χ3n) is 5.34. The molecule has 1 N–H and O–H groups in total. The molecule has 1 aliphatic rings. The molecule has 1 atom stereocenters. The maximum atomic E-state index is 13.1. The van der Waals surface area contributed by atoms with Crippen molar-refractivity contribution in [3.8, 4) is 10.6 Å². The van der Waals surface area contributed by atoms with Crippen LogP contribution in [-0.4, -0.2) is 47.8 Å². The second kappa shape index (κ2) is 10.2. The average molecular weight is 488 g/mol. The first kappa shape index (κ1) is 23.0. The molecule has 0 aliphatic carbocycles. The molecule has 3 aromatic rings. The Kier molecular flexibility index (Phi) is 7.30. The maximum absolute atomic E-state index is 13.1. The van der Waals surface area contributed by atoms with Gasteiger partial charge in [0.15, 0.2) is 0 Å². The summed E-state index contributed by atoms with van der Waals surface area (Å²) in [6, 6.07) is 16.2. The Hall–Kier alpha value is -2.20. The Labute approximate surface area is 197 Å². The van der Waals surface area contributed by atoms with Crippen molar-refractivity contribution in [1.29, 1.82) is 0 Å². The number of hydrogen-bond donors (Lipinski definition) is 1. The molecule has 0 spiro atoms. The van der Waals surface area contributed by atoms with Crippen LogP contribution in [0.15, 0.2) is 64.9 Å². The molecule has 0 bridgehead atoms. The van der Waals surface area contributed by atoms with Crippen LogP contribution in [-0.2, 0) is 27.7 Å². The van der Waals surface area contributed by atoms with E-state index in [2.05, 4.69) is 10.3 Å². The zero-order valence-corrected chi connectivity index (χ0v) is 20.2. The van der Waals surface area contributed by atoms with Crippen LogP contribution in [0.5, 0.6) is 0 Å². The molecule has 1 fully saturated rings. The number of nitrogens with zero attached hydrogens (tertiary/aromatic N) is 2. The van der Waals surface area contributed by atoms with E-state index >= 15 is 0 Å². The van der Waals surface area contributed by atoms with Crippen LogP contribution in [0.2, 0.25) is 0 Å². The van der Waals surface area contributed by atoms with Crippen molar-refractivity contribution < 1.29 is 13.2 Å². The van der Waals surface area contributed by atoms with Gasteiger partial charge in [0.1, 0.15) is 11.0 Å². The molecule has 0 saturated carbocycles. The number of thiazole rings is 1. The first-order valence-electron chi connectivity index (χ1n) is 10.4. The highest BCUT2D eigenvalue weighted by Gasteiger charge is 2.39. The van der Waals surface area contributed by atoms with Crippen molar-refractivity contribution in [2.75, 3.05) is 18.2 Å². The Bertz CT molecular complexity index is 1160. The molecule has 1 aromatic heterocycles. The maximum Gasteiger partial charge on any atom is 0.244 e. The van der Waals surface area contributed by atoms with Crippen LogP contribution in [0.25, 0.3) is 10.6 Å². The van der Waals surface area contributed by atoms with Gasteiger partial charge < -0.3 is 5.32 Å². The number of aromatic nitrogens is 1. The second-order valence-corrected chi connectivity index (χ2v) is 11.2. The van der Waals surface area contributed by atoms with E-state index in [4.69, 9.17) is 0 Å². The molecule has 1 saturated heterocycles. The second-order valence-electron chi connectivity index (χ2n) is 7.46. The van der Waals surface area contributed by atoms with Crippen LogP contribution >= 0.6 is 23.1 Å². The van der Waals surface area contributed by atoms with Crippen LogP contribution in [0.4, 0.5) is 0 Å². The lowest BCUT2D eigenvalue weighted by molar-refractivity contribution is -0.123. The van der Waals surface area contributed by atoms with Gasteiger partial charge in [-0.25, -0.2) is 13.4 Å². The van der Waals surface area contributed by atoms with Gasteiger partial charge in [0, 0.05) is 29.7 Å². The van der Waals surface area contributed by atoms with Gasteiger partial charge in [-0.15, -0.1) is 23.1 Å². The van der Waals surface area contributed by atoms with Crippen LogP contribution in [0.3, 0.4) is 0 Å². The molecule has 9 heteroatoms. The van der Waals surface area contributed by atoms with Gasteiger partial charge in [0.25, 0.3) is 0 Å². The fourth-order valence-corrected chi connectivity index (χ4v) is 7.48. The molecule has 32 heavy (non-hydrogen) atoms. The first-order valence-corrected chi connectivity index (χ1v) is 13.9. The van der Waals surface area contributed by atoms with Crippen molar-refractivity contribution in [2.45, 2.75) is 30.7 Å². The fraction of sp³-hybridized carbons (Fsp3) is 0.304. The monoisotopic (exact) mass is 487 g/mol. The van der Waals surface area contributed by atoms with E-state index in [-0.39, 0.29) is 16.7 Å². The minimum absolute atomic E-state index is 0.228. The van der Waals surface area contributed by atoms with Crippen molar-refractivity contribution in [3.63, 3.8) is 0 Å². The number of benzene rings is 2. The van der Waals surface area contributed by atoms with Crippen LogP contribution in [0, 0.1) is 0 Å². The number of rotatable bonds is 8. The van der Waals surface area contributed by atoms with E-state index < -0.39 is 16.1 Å². The standard InChI is InChI=1S/C23H25N3O3S3/c1-2-17-8-10-20(11-9-17)32(28,29)26-16-30-15-21(26)22(27)24-13-12-19-14-31-23(25-19)18-6-4-3-5-7-18/h3-11,14,21H,2,12-13,15-16H2,1H3,(H,24,27)/t21-/m1/s1. The highest BCUT2D eigenvalue weighted by Crippen LogP contribution is 2.29. The number of hydrogen-bond acceptors (Lipinski definition) is 6. The van der Waals surface area contributed by atoms with Crippen molar-refractivity contribution >= 4 is 39.0 Å². The molecule has 1 aliphatic heterocycles. The van der Waals surface area contributed by atoms with Gasteiger partial charge >= 0.3 is 0 Å². The first-order chi connectivity index (χ1) is 15.5. The minimum atomic E-state index is -3.72. The number of carbonyl (C=O) groups is 1. The molecule has 2 aromatic carbocycles. The molecule has 1 amide bonds. The third kappa shape index (κ3) is 5.06. The summed E-state index contributed by atoms with van der Waals surface area (Å²) in [5, 5.41) is 5.85.